The first-order valence-electron chi connectivity index (χ1n) is 7.53. The van der Waals surface area contributed by atoms with Crippen LogP contribution in [0.5, 0.6) is 5.75 Å². The largest absolute Gasteiger partial charge is 0.490 e. The summed E-state index contributed by atoms with van der Waals surface area (Å²) in [5.41, 5.74) is 0. The highest BCUT2D eigenvalue weighted by Gasteiger charge is 2.08. The second kappa shape index (κ2) is 7.58. The average molecular weight is 288 g/mol. The Labute approximate surface area is 126 Å². The Bertz CT molecular complexity index is 548. The fourth-order valence-electron chi connectivity index (χ4n) is 2.26. The molecule has 0 fully saturated rings. The summed E-state index contributed by atoms with van der Waals surface area (Å²) in [5, 5.41) is 2.54. The summed E-state index contributed by atoms with van der Waals surface area (Å²) in [5.74, 6) is 2.19. The minimum Gasteiger partial charge on any atom is -0.490 e. The summed E-state index contributed by atoms with van der Waals surface area (Å²) in [6.07, 6.45) is 4.10. The molecule has 20 heavy (non-hydrogen) atoms. The maximum Gasteiger partial charge on any atom is 0.127 e. The summed E-state index contributed by atoms with van der Waals surface area (Å²) in [7, 11) is 0. The van der Waals surface area contributed by atoms with Crippen LogP contribution in [0.4, 0.5) is 0 Å². The zero-order valence-electron chi connectivity index (χ0n) is 12.7. The number of rotatable bonds is 7. The van der Waals surface area contributed by atoms with Gasteiger partial charge < -0.3 is 4.74 Å². The van der Waals surface area contributed by atoms with E-state index in [0.29, 0.717) is 0 Å². The molecule has 0 atom stereocenters. The van der Waals surface area contributed by atoms with Gasteiger partial charge in [0.1, 0.15) is 5.75 Å². The van der Waals surface area contributed by atoms with Gasteiger partial charge in [0.15, 0.2) is 0 Å². The molecule has 108 valence electrons. The molecule has 0 radical (unpaired) electrons. The fraction of sp³-hybridized carbons (Fsp3) is 0.444. The van der Waals surface area contributed by atoms with Crippen LogP contribution in [0.2, 0.25) is 0 Å². The number of hydrogen-bond acceptors (Lipinski definition) is 2. The van der Waals surface area contributed by atoms with Gasteiger partial charge in [-0.1, -0.05) is 44.0 Å². The van der Waals surface area contributed by atoms with Crippen molar-refractivity contribution in [3.05, 3.63) is 36.4 Å². The van der Waals surface area contributed by atoms with Crippen molar-refractivity contribution in [1.82, 2.24) is 0 Å². The van der Waals surface area contributed by atoms with E-state index in [2.05, 4.69) is 57.2 Å². The molecule has 0 unspecified atom stereocenters. The van der Waals surface area contributed by atoms with E-state index in [4.69, 9.17) is 4.74 Å². The molecule has 0 aromatic heterocycles. The lowest BCUT2D eigenvalue weighted by Crippen LogP contribution is -2.05. The summed E-state index contributed by atoms with van der Waals surface area (Å²) < 4.78 is 5.92. The monoisotopic (exact) mass is 288 g/mol. The normalized spacial score (nSPS) is 11.2. The molecular weight excluding hydrogens is 264 g/mol. The van der Waals surface area contributed by atoms with Gasteiger partial charge in [-0.25, -0.2) is 0 Å². The quantitative estimate of drug-likeness (QED) is 0.462. The van der Waals surface area contributed by atoms with E-state index < -0.39 is 0 Å². The van der Waals surface area contributed by atoms with Gasteiger partial charge in [-0.2, -0.15) is 0 Å². The van der Waals surface area contributed by atoms with Crippen molar-refractivity contribution in [2.75, 3.05) is 5.75 Å². The van der Waals surface area contributed by atoms with Crippen LogP contribution in [0, 0.1) is 0 Å². The van der Waals surface area contributed by atoms with Crippen LogP contribution in [-0.4, -0.2) is 11.9 Å². The number of benzene rings is 2. The Morgan fingerprint density at radius 2 is 1.75 bits per heavy atom. The van der Waals surface area contributed by atoms with Crippen LogP contribution < -0.4 is 4.74 Å². The zero-order valence-corrected chi connectivity index (χ0v) is 13.5. The molecule has 0 bridgehead atoms. The third-order valence-corrected chi connectivity index (χ3v) is 4.37. The van der Waals surface area contributed by atoms with E-state index in [1.165, 1.54) is 40.7 Å². The predicted octanol–water partition coefficient (Wildman–Crippen LogP) is 5.91. The van der Waals surface area contributed by atoms with Gasteiger partial charge in [0, 0.05) is 10.3 Å². The van der Waals surface area contributed by atoms with Gasteiger partial charge in [-0.15, -0.1) is 11.8 Å². The second-order valence-electron chi connectivity index (χ2n) is 5.33. The van der Waals surface area contributed by atoms with Crippen LogP contribution in [0.15, 0.2) is 41.3 Å². The van der Waals surface area contributed by atoms with Crippen LogP contribution in [0.1, 0.15) is 40.0 Å². The van der Waals surface area contributed by atoms with Crippen molar-refractivity contribution in [2.24, 2.45) is 0 Å². The maximum atomic E-state index is 5.92. The van der Waals surface area contributed by atoms with Gasteiger partial charge in [0.25, 0.3) is 0 Å². The fourth-order valence-corrected chi connectivity index (χ4v) is 3.33. The topological polar surface area (TPSA) is 9.23 Å². The van der Waals surface area contributed by atoms with E-state index in [9.17, 15) is 0 Å². The number of unbranched alkanes of at least 4 members (excludes halogenated alkanes) is 2. The number of ether oxygens (including phenoxy) is 1. The van der Waals surface area contributed by atoms with Crippen molar-refractivity contribution in [2.45, 2.75) is 51.0 Å². The first-order valence-corrected chi connectivity index (χ1v) is 8.52. The highest BCUT2D eigenvalue weighted by Crippen LogP contribution is 2.34. The molecule has 2 aromatic carbocycles. The number of fused-ring (bicyclic) bond motifs is 1. The molecule has 0 N–H and O–H groups in total. The minimum absolute atomic E-state index is 0.210. The molecule has 0 aliphatic carbocycles. The second-order valence-corrected chi connectivity index (χ2v) is 6.47. The van der Waals surface area contributed by atoms with Crippen molar-refractivity contribution < 1.29 is 4.74 Å². The average Bonchev–Trinajstić information content (AvgIpc) is 2.45. The molecule has 0 spiro atoms. The summed E-state index contributed by atoms with van der Waals surface area (Å²) in [6.45, 7) is 6.39. The Balaban J connectivity index is 2.24. The minimum atomic E-state index is 0.210. The molecule has 0 saturated carbocycles. The van der Waals surface area contributed by atoms with Gasteiger partial charge in [0.05, 0.1) is 6.10 Å². The van der Waals surface area contributed by atoms with Crippen molar-refractivity contribution in [1.29, 1.82) is 0 Å². The molecule has 2 rings (SSSR count). The highest BCUT2D eigenvalue weighted by atomic mass is 32.2. The van der Waals surface area contributed by atoms with E-state index in [1.54, 1.807) is 0 Å². The lowest BCUT2D eigenvalue weighted by molar-refractivity contribution is 0.245. The predicted molar refractivity (Wildman–Crippen MR) is 90.0 cm³/mol. The highest BCUT2D eigenvalue weighted by molar-refractivity contribution is 7.99. The lowest BCUT2D eigenvalue weighted by atomic mass is 10.1. The Morgan fingerprint density at radius 3 is 2.45 bits per heavy atom. The number of hydrogen-bond donors (Lipinski definition) is 0. The molecule has 2 heteroatoms. The van der Waals surface area contributed by atoms with Crippen LogP contribution in [-0.2, 0) is 0 Å². The maximum absolute atomic E-state index is 5.92. The van der Waals surface area contributed by atoms with Crippen molar-refractivity contribution >= 4 is 22.5 Å². The summed E-state index contributed by atoms with van der Waals surface area (Å²) in [4.78, 5) is 1.37. The summed E-state index contributed by atoms with van der Waals surface area (Å²) in [6, 6.07) is 12.9. The van der Waals surface area contributed by atoms with Crippen LogP contribution >= 0.6 is 11.8 Å². The first kappa shape index (κ1) is 15.2. The van der Waals surface area contributed by atoms with E-state index in [1.807, 2.05) is 11.8 Å². The zero-order chi connectivity index (χ0) is 14.4. The first-order chi connectivity index (χ1) is 9.72. The standard InChI is InChI=1S/C18H24OS/c1-4-5-8-13-20-18-12-11-17(19-14(2)3)15-9-6-7-10-16(15)18/h6-7,9-12,14H,4-5,8,13H2,1-3H3. The third-order valence-electron chi connectivity index (χ3n) is 3.21. The van der Waals surface area contributed by atoms with E-state index in [0.717, 1.165) is 5.75 Å². The molecule has 0 saturated heterocycles. The third kappa shape index (κ3) is 3.92. The van der Waals surface area contributed by atoms with E-state index >= 15 is 0 Å². The molecule has 0 aliphatic heterocycles. The Hall–Kier alpha value is -1.15. The molecule has 0 heterocycles. The van der Waals surface area contributed by atoms with Gasteiger partial charge in [-0.05, 0) is 43.5 Å². The van der Waals surface area contributed by atoms with E-state index in [-0.39, 0.29) is 6.10 Å². The van der Waals surface area contributed by atoms with Gasteiger partial charge in [-0.3, -0.25) is 0 Å². The molecule has 2 aromatic rings. The van der Waals surface area contributed by atoms with Gasteiger partial charge in [0.2, 0.25) is 0 Å². The Morgan fingerprint density at radius 1 is 1.00 bits per heavy atom. The van der Waals surface area contributed by atoms with Crippen LogP contribution in [0.3, 0.4) is 0 Å². The van der Waals surface area contributed by atoms with Gasteiger partial charge >= 0.3 is 0 Å². The SMILES string of the molecule is CCCCCSc1ccc(OC(C)C)c2ccccc12. The Kier molecular flexibility index (Phi) is 5.78. The molecule has 0 aliphatic rings. The van der Waals surface area contributed by atoms with Crippen molar-refractivity contribution in [3.8, 4) is 5.75 Å². The summed E-state index contributed by atoms with van der Waals surface area (Å²) >= 11 is 1.96. The lowest BCUT2D eigenvalue weighted by Gasteiger charge is -2.14. The molecular formula is C18H24OS. The van der Waals surface area contributed by atoms with Crippen LogP contribution in [0.25, 0.3) is 10.8 Å². The number of thioether (sulfide) groups is 1. The van der Waals surface area contributed by atoms with Crippen molar-refractivity contribution in [3.63, 3.8) is 0 Å². The molecule has 0 amide bonds. The smallest absolute Gasteiger partial charge is 0.127 e. The molecule has 1 nitrogen and oxygen atoms in total.